The van der Waals surface area contributed by atoms with Crippen molar-refractivity contribution < 1.29 is 19.6 Å². The predicted molar refractivity (Wildman–Crippen MR) is 109 cm³/mol. The smallest absolute Gasteiger partial charge is 0.450 e. The molecule has 8 nitrogen and oxygen atoms in total. The van der Waals surface area contributed by atoms with Crippen molar-refractivity contribution >= 4 is 18.1 Å². The normalized spacial score (nSPS) is 18.7. The van der Waals surface area contributed by atoms with Crippen molar-refractivity contribution in [2.45, 2.75) is 76.3 Å². The number of carbonyl (C=O) groups is 1. The van der Waals surface area contributed by atoms with Crippen LogP contribution < -0.4 is 10.6 Å². The van der Waals surface area contributed by atoms with Crippen LogP contribution in [0, 0.1) is 0 Å². The number of nitrogens with zero attached hydrogens (tertiary/aromatic N) is 3. The third-order valence-corrected chi connectivity index (χ3v) is 4.91. The maximum absolute atomic E-state index is 8.56. The number of guanidine groups is 2. The maximum atomic E-state index is 8.56. The van der Waals surface area contributed by atoms with E-state index in [4.69, 9.17) is 20.0 Å². The summed E-state index contributed by atoms with van der Waals surface area (Å²) in [4.78, 5) is 15.7. The molecule has 0 radical (unpaired) electrons. The van der Waals surface area contributed by atoms with Crippen molar-refractivity contribution in [3.05, 3.63) is 0 Å². The van der Waals surface area contributed by atoms with E-state index in [2.05, 4.69) is 48.3 Å². The second kappa shape index (κ2) is 12.4. The van der Waals surface area contributed by atoms with Gasteiger partial charge in [-0.2, -0.15) is 0 Å². The first kappa shape index (κ1) is 23.0. The summed E-state index contributed by atoms with van der Waals surface area (Å²) in [7, 11) is 8.28. The van der Waals surface area contributed by atoms with Crippen LogP contribution in [0.25, 0.3) is 0 Å². The van der Waals surface area contributed by atoms with Crippen molar-refractivity contribution in [3.8, 4) is 0 Å². The van der Waals surface area contributed by atoms with E-state index in [9.17, 15) is 0 Å². The molecular weight excluding hydrogens is 346 g/mol. The Morgan fingerprint density at radius 2 is 1.44 bits per heavy atom. The molecule has 0 aromatic heterocycles. The molecule has 2 saturated carbocycles. The van der Waals surface area contributed by atoms with E-state index in [1.807, 2.05) is 0 Å². The van der Waals surface area contributed by atoms with Crippen molar-refractivity contribution in [1.29, 1.82) is 0 Å². The van der Waals surface area contributed by atoms with E-state index in [-0.39, 0.29) is 0 Å². The fourth-order valence-electron chi connectivity index (χ4n) is 3.67. The molecule has 0 unspecified atom stereocenters. The molecule has 0 saturated heterocycles. The topological polar surface area (TPSA) is 100 Å². The van der Waals surface area contributed by atoms with E-state index < -0.39 is 6.16 Å². The average molecular weight is 385 g/mol. The fourth-order valence-corrected chi connectivity index (χ4v) is 3.67. The Balaban J connectivity index is 0.000000828. The molecule has 2 aliphatic rings. The number of carboxylic acid groups (broad SMARTS) is 2. The maximum Gasteiger partial charge on any atom is 0.503 e. The number of hydrogen-bond donors (Lipinski definition) is 4. The summed E-state index contributed by atoms with van der Waals surface area (Å²) in [6.07, 6.45) is 11.2. The molecule has 156 valence electrons. The zero-order valence-corrected chi connectivity index (χ0v) is 17.4. The van der Waals surface area contributed by atoms with Crippen LogP contribution in [-0.2, 0) is 0 Å². The second-order valence-electron chi connectivity index (χ2n) is 7.77. The van der Waals surface area contributed by atoms with E-state index in [1.54, 1.807) is 0 Å². The monoisotopic (exact) mass is 384 g/mol. The first-order chi connectivity index (χ1) is 12.8. The molecule has 0 heterocycles. The number of hydrogen-bond acceptors (Lipinski definition) is 2. The van der Waals surface area contributed by atoms with Gasteiger partial charge in [-0.05, 0) is 25.7 Å². The third-order valence-electron chi connectivity index (χ3n) is 4.91. The summed E-state index contributed by atoms with van der Waals surface area (Å²) < 4.78 is 2.11. The minimum atomic E-state index is -1.83. The van der Waals surface area contributed by atoms with Gasteiger partial charge in [-0.3, -0.25) is 9.48 Å². The van der Waals surface area contributed by atoms with Gasteiger partial charge >= 0.3 is 12.1 Å². The Bertz CT molecular complexity index is 499. The average Bonchev–Trinajstić information content (AvgIpc) is 2.60. The van der Waals surface area contributed by atoms with Gasteiger partial charge in [-0.15, -0.1) is 0 Å². The van der Waals surface area contributed by atoms with Gasteiger partial charge < -0.3 is 15.5 Å². The third kappa shape index (κ3) is 10.1. The first-order valence-electron chi connectivity index (χ1n) is 10.0. The van der Waals surface area contributed by atoms with Crippen molar-refractivity contribution in [3.63, 3.8) is 0 Å². The molecule has 2 rings (SSSR count). The van der Waals surface area contributed by atoms with Crippen LogP contribution >= 0.6 is 0 Å². The van der Waals surface area contributed by atoms with Gasteiger partial charge in [0.25, 0.3) is 5.96 Å². The minimum Gasteiger partial charge on any atom is -0.450 e. The molecule has 2 fully saturated rings. The molecule has 0 spiro atoms. The molecule has 4 N–H and O–H groups in total. The van der Waals surface area contributed by atoms with Gasteiger partial charge in [0.2, 0.25) is 0 Å². The molecule has 0 amide bonds. The van der Waals surface area contributed by atoms with Crippen LogP contribution in [0.2, 0.25) is 0 Å². The van der Waals surface area contributed by atoms with Crippen molar-refractivity contribution in [2.24, 2.45) is 4.99 Å². The number of rotatable bonds is 2. The summed E-state index contributed by atoms with van der Waals surface area (Å²) in [5, 5.41) is 21.2. The highest BCUT2D eigenvalue weighted by molar-refractivity contribution is 5.96. The lowest BCUT2D eigenvalue weighted by molar-refractivity contribution is -0.471. The summed E-state index contributed by atoms with van der Waals surface area (Å²) in [5.41, 5.74) is 0. The van der Waals surface area contributed by atoms with Crippen LogP contribution in [0.15, 0.2) is 4.99 Å². The molecule has 0 atom stereocenters. The summed E-state index contributed by atoms with van der Waals surface area (Å²) in [5.74, 6) is 2.05. The highest BCUT2D eigenvalue weighted by Gasteiger charge is 2.22. The largest absolute Gasteiger partial charge is 0.503 e. The van der Waals surface area contributed by atoms with E-state index >= 15 is 0 Å². The van der Waals surface area contributed by atoms with E-state index in [0.29, 0.717) is 12.1 Å². The highest BCUT2D eigenvalue weighted by atomic mass is 16.6. The summed E-state index contributed by atoms with van der Waals surface area (Å²) >= 11 is 0. The Labute approximate surface area is 163 Å². The van der Waals surface area contributed by atoms with Crippen molar-refractivity contribution in [2.75, 3.05) is 28.2 Å². The Kier molecular flexibility index (Phi) is 10.6. The molecular formula is C19H38N5O3+. The standard InChI is InChI=1S/C18H35N5.CH2O3/c1-22(2)18(23(3)4)21-17(19-15-11-7-5-8-12-15)20-16-13-9-6-10-14-16;2-1(3)4/h15-16H,5-14H2,1-4H3,(H,19,20);(H2,2,3,4)/p+1. The lowest BCUT2D eigenvalue weighted by Gasteiger charge is -2.26. The summed E-state index contributed by atoms with van der Waals surface area (Å²) in [6, 6.07) is 1.05. The number of aliphatic imine (C=N–C) groups is 1. The van der Waals surface area contributed by atoms with Gasteiger partial charge in [0.05, 0.1) is 34.2 Å². The lowest BCUT2D eigenvalue weighted by atomic mass is 9.95. The van der Waals surface area contributed by atoms with Crippen LogP contribution in [0.3, 0.4) is 0 Å². The number of nitrogens with one attached hydrogen (secondary N) is 2. The van der Waals surface area contributed by atoms with Gasteiger partial charge in [0, 0.05) is 6.04 Å². The predicted octanol–water partition coefficient (Wildman–Crippen LogP) is 2.60. The Morgan fingerprint density at radius 1 is 0.963 bits per heavy atom. The van der Waals surface area contributed by atoms with Crippen LogP contribution in [-0.4, -0.2) is 78.0 Å². The zero-order valence-electron chi connectivity index (χ0n) is 17.4. The molecule has 0 aromatic carbocycles. The molecule has 0 aromatic rings. The lowest BCUT2D eigenvalue weighted by Crippen LogP contribution is -2.52. The first-order valence-corrected chi connectivity index (χ1v) is 10.0. The van der Waals surface area contributed by atoms with Gasteiger partial charge in [-0.1, -0.05) is 38.5 Å². The quantitative estimate of drug-likeness (QED) is 0.332. The van der Waals surface area contributed by atoms with Crippen LogP contribution in [0.4, 0.5) is 4.79 Å². The van der Waals surface area contributed by atoms with E-state index in [1.165, 1.54) is 64.2 Å². The summed E-state index contributed by atoms with van der Waals surface area (Å²) in [6.45, 7) is 0. The van der Waals surface area contributed by atoms with E-state index in [0.717, 1.165) is 11.9 Å². The molecule has 27 heavy (non-hydrogen) atoms. The zero-order chi connectivity index (χ0) is 20.2. The van der Waals surface area contributed by atoms with Gasteiger partial charge in [0.15, 0.2) is 0 Å². The molecule has 2 aliphatic carbocycles. The Morgan fingerprint density at radius 3 is 1.89 bits per heavy atom. The van der Waals surface area contributed by atoms with Crippen LogP contribution in [0.5, 0.6) is 0 Å². The van der Waals surface area contributed by atoms with Crippen molar-refractivity contribution in [1.82, 2.24) is 15.5 Å². The van der Waals surface area contributed by atoms with Gasteiger partial charge in [-0.25, -0.2) is 15.1 Å². The molecule has 8 heteroatoms. The fraction of sp³-hybridized carbons (Fsp3) is 0.842. The Hall–Kier alpha value is -1.99. The minimum absolute atomic E-state index is 0.480. The highest BCUT2D eigenvalue weighted by Crippen LogP contribution is 2.21. The second-order valence-corrected chi connectivity index (χ2v) is 7.77. The van der Waals surface area contributed by atoms with Gasteiger partial charge in [0.1, 0.15) is 0 Å². The molecule has 0 aliphatic heterocycles. The SMILES string of the molecule is CN(C)C(NC(=NC1CCCCC1)NC1CCCCC1)=[N+](C)C.O=C(O)O. The molecule has 0 bridgehead atoms. The van der Waals surface area contributed by atoms with Crippen LogP contribution in [0.1, 0.15) is 64.2 Å².